The van der Waals surface area contributed by atoms with Crippen LogP contribution in [0.4, 0.5) is 4.79 Å². The van der Waals surface area contributed by atoms with Crippen LogP contribution in [0.5, 0.6) is 5.75 Å². The first-order valence-corrected chi connectivity index (χ1v) is 10.6. The van der Waals surface area contributed by atoms with Crippen LogP contribution >= 0.6 is 0 Å². The summed E-state index contributed by atoms with van der Waals surface area (Å²) in [4.78, 5) is 49.9. The number of ketones is 1. The Balaban J connectivity index is 0.00000432. The summed E-state index contributed by atoms with van der Waals surface area (Å²) in [6.07, 6.45) is 2.12. The molecule has 3 N–H and O–H groups in total. The third kappa shape index (κ3) is 6.30. The zero-order valence-corrected chi connectivity index (χ0v) is 19.4. The van der Waals surface area contributed by atoms with E-state index in [1.54, 1.807) is 19.2 Å². The maximum absolute atomic E-state index is 12.7. The second kappa shape index (κ2) is 12.0. The Bertz CT molecular complexity index is 1180. The monoisotopic (exact) mass is 489 g/mol. The topological polar surface area (TPSA) is 125 Å². The predicted molar refractivity (Wildman–Crippen MR) is 132 cm³/mol. The van der Waals surface area contributed by atoms with Gasteiger partial charge < -0.3 is 25.4 Å². The number of hydrogen-bond donors (Lipinski definition) is 3. The molecule has 0 aromatic heterocycles. The molecule has 0 spiro atoms. The van der Waals surface area contributed by atoms with E-state index in [1.165, 1.54) is 24.2 Å². The van der Waals surface area contributed by atoms with Crippen molar-refractivity contribution in [3.05, 3.63) is 65.4 Å². The standard InChI is InChI=1S/C25H27N3O6.Na.H/c1-14-7-5-6-8-16(14)22-15(2)17(9-10-20(22)34-4)18(13-21(30)31)26-25(33)27-23-19(29)11-12-28(3)24(23)32;;/h5-12,18,23H,13H2,1-4H3,(H,30,31)(H2,26,27,33);;. The fraction of sp³-hybridized carbons (Fsp3) is 0.280. The summed E-state index contributed by atoms with van der Waals surface area (Å²) < 4.78 is 5.56. The number of aliphatic carboxylic acids is 1. The van der Waals surface area contributed by atoms with Crippen LogP contribution in [-0.2, 0) is 14.4 Å². The molecule has 2 atom stereocenters. The van der Waals surface area contributed by atoms with Crippen molar-refractivity contribution in [1.82, 2.24) is 15.5 Å². The van der Waals surface area contributed by atoms with E-state index in [4.69, 9.17) is 4.74 Å². The first kappa shape index (κ1) is 28.1. The third-order valence-corrected chi connectivity index (χ3v) is 5.78. The molecule has 0 aliphatic carbocycles. The average Bonchev–Trinajstić information content (AvgIpc) is 2.79. The second-order valence-electron chi connectivity index (χ2n) is 8.04. The number of carbonyl (C=O) groups is 4. The number of rotatable bonds is 7. The van der Waals surface area contributed by atoms with Gasteiger partial charge in [-0.1, -0.05) is 30.3 Å². The van der Waals surface area contributed by atoms with Crippen LogP contribution in [0, 0.1) is 13.8 Å². The molecule has 1 heterocycles. The minimum absolute atomic E-state index is 0. The fourth-order valence-corrected chi connectivity index (χ4v) is 4.00. The van der Waals surface area contributed by atoms with Crippen LogP contribution in [0.1, 0.15) is 29.2 Å². The van der Waals surface area contributed by atoms with Crippen LogP contribution in [0.3, 0.4) is 0 Å². The van der Waals surface area contributed by atoms with Gasteiger partial charge in [-0.05, 0) is 42.2 Å². The van der Waals surface area contributed by atoms with E-state index in [1.807, 2.05) is 38.1 Å². The van der Waals surface area contributed by atoms with E-state index in [0.717, 1.165) is 22.3 Å². The van der Waals surface area contributed by atoms with Gasteiger partial charge in [-0.15, -0.1) is 0 Å². The Labute approximate surface area is 225 Å². The zero-order chi connectivity index (χ0) is 25.0. The molecule has 2 aromatic rings. The fourth-order valence-electron chi connectivity index (χ4n) is 4.00. The molecular formula is C25H28N3NaO6. The number of carbonyl (C=O) groups excluding carboxylic acids is 3. The number of hydrogen-bond acceptors (Lipinski definition) is 5. The normalized spacial score (nSPS) is 15.8. The predicted octanol–water partition coefficient (Wildman–Crippen LogP) is 2.07. The van der Waals surface area contributed by atoms with Crippen LogP contribution in [-0.4, -0.2) is 83.5 Å². The molecule has 0 saturated carbocycles. The van der Waals surface area contributed by atoms with E-state index in [9.17, 15) is 24.3 Å². The summed E-state index contributed by atoms with van der Waals surface area (Å²) in [5, 5.41) is 14.5. The van der Waals surface area contributed by atoms with Crippen molar-refractivity contribution in [1.29, 1.82) is 0 Å². The summed E-state index contributed by atoms with van der Waals surface area (Å²) in [6.45, 7) is 3.80. The van der Waals surface area contributed by atoms with Crippen molar-refractivity contribution in [3.63, 3.8) is 0 Å². The van der Waals surface area contributed by atoms with Gasteiger partial charge in [0.05, 0.1) is 19.6 Å². The summed E-state index contributed by atoms with van der Waals surface area (Å²) >= 11 is 0. The molecule has 9 nitrogen and oxygen atoms in total. The molecule has 0 saturated heterocycles. The summed E-state index contributed by atoms with van der Waals surface area (Å²) in [5.74, 6) is -1.65. The van der Waals surface area contributed by atoms with Crippen LogP contribution in [0.15, 0.2) is 48.7 Å². The number of benzene rings is 2. The number of carboxylic acid groups (broad SMARTS) is 1. The summed E-state index contributed by atoms with van der Waals surface area (Å²) in [5.41, 5.74) is 4.04. The number of amides is 3. The molecule has 180 valence electrons. The number of ether oxygens (including phenoxy) is 1. The Morgan fingerprint density at radius 3 is 2.46 bits per heavy atom. The molecule has 2 unspecified atom stereocenters. The molecular weight excluding hydrogens is 461 g/mol. The molecule has 0 fully saturated rings. The van der Waals surface area contributed by atoms with Crippen LogP contribution < -0.4 is 15.4 Å². The molecule has 3 amide bonds. The number of nitrogens with zero attached hydrogens (tertiary/aromatic N) is 1. The van der Waals surface area contributed by atoms with Crippen molar-refractivity contribution in [3.8, 4) is 16.9 Å². The number of carboxylic acids is 1. The van der Waals surface area contributed by atoms with Crippen molar-refractivity contribution in [2.75, 3.05) is 14.2 Å². The van der Waals surface area contributed by atoms with Gasteiger partial charge in [-0.2, -0.15) is 0 Å². The van der Waals surface area contributed by atoms with Gasteiger partial charge in [0.2, 0.25) is 0 Å². The van der Waals surface area contributed by atoms with Gasteiger partial charge in [0, 0.05) is 24.9 Å². The van der Waals surface area contributed by atoms with E-state index in [-0.39, 0.29) is 29.6 Å². The number of aryl methyl sites for hydroxylation is 1. The van der Waals surface area contributed by atoms with Crippen LogP contribution in [0.25, 0.3) is 11.1 Å². The molecule has 0 radical (unpaired) electrons. The van der Waals surface area contributed by atoms with Gasteiger partial charge >= 0.3 is 41.6 Å². The van der Waals surface area contributed by atoms with E-state index in [2.05, 4.69) is 10.6 Å². The second-order valence-corrected chi connectivity index (χ2v) is 8.04. The molecule has 2 aromatic carbocycles. The molecule has 1 aliphatic rings. The van der Waals surface area contributed by atoms with Crippen molar-refractivity contribution >= 4 is 53.2 Å². The van der Waals surface area contributed by atoms with Crippen molar-refractivity contribution < 1.29 is 29.0 Å². The number of likely N-dealkylation sites (N-methyl/N-ethyl adjacent to an activating group) is 1. The molecule has 0 bridgehead atoms. The van der Waals surface area contributed by atoms with Gasteiger partial charge in [-0.3, -0.25) is 14.4 Å². The van der Waals surface area contributed by atoms with Crippen molar-refractivity contribution in [2.24, 2.45) is 0 Å². The van der Waals surface area contributed by atoms with Gasteiger partial charge in [0.25, 0.3) is 5.91 Å². The summed E-state index contributed by atoms with van der Waals surface area (Å²) in [7, 11) is 3.03. The van der Waals surface area contributed by atoms with E-state index >= 15 is 0 Å². The first-order chi connectivity index (χ1) is 16.1. The van der Waals surface area contributed by atoms with Gasteiger partial charge in [0.1, 0.15) is 5.75 Å². The molecule has 1 aliphatic heterocycles. The van der Waals surface area contributed by atoms with E-state index < -0.39 is 42.2 Å². The average molecular weight is 490 g/mol. The van der Waals surface area contributed by atoms with E-state index in [0.29, 0.717) is 11.3 Å². The third-order valence-electron chi connectivity index (χ3n) is 5.78. The molecule has 35 heavy (non-hydrogen) atoms. The number of urea groups is 1. The zero-order valence-electron chi connectivity index (χ0n) is 19.4. The number of nitrogens with one attached hydrogen (secondary N) is 2. The quantitative estimate of drug-likeness (QED) is 0.404. The Morgan fingerprint density at radius 1 is 1.14 bits per heavy atom. The van der Waals surface area contributed by atoms with Crippen molar-refractivity contribution in [2.45, 2.75) is 32.4 Å². The summed E-state index contributed by atoms with van der Waals surface area (Å²) in [6, 6.07) is 8.04. The molecule has 10 heteroatoms. The molecule has 3 rings (SSSR count). The minimum atomic E-state index is -1.38. The maximum atomic E-state index is 12.7. The SMILES string of the molecule is COc1ccc(C(CC(=O)O)NC(=O)NC2C(=O)C=CN(C)C2=O)c(C)c1-c1ccccc1C.[NaH]. The first-order valence-electron chi connectivity index (χ1n) is 10.6. The Morgan fingerprint density at radius 2 is 1.83 bits per heavy atom. The van der Waals surface area contributed by atoms with Gasteiger partial charge in [-0.25, -0.2) is 4.79 Å². The Kier molecular flexibility index (Phi) is 9.64. The van der Waals surface area contributed by atoms with Crippen LogP contribution in [0.2, 0.25) is 0 Å². The Hall–Kier alpha value is -3.14. The van der Waals surface area contributed by atoms with Gasteiger partial charge in [0.15, 0.2) is 11.8 Å². The number of methoxy groups -OCH3 is 1.